The number of furan rings is 1. The molecule has 2 aromatic heterocycles. The number of hydrogen-bond donors (Lipinski definition) is 1. The summed E-state index contributed by atoms with van der Waals surface area (Å²) in [5, 5.41) is 10.1. The molecule has 2 rings (SSSR count). The van der Waals surface area contributed by atoms with Crippen molar-refractivity contribution < 1.29 is 13.9 Å². The molecule has 0 spiro atoms. The molecule has 2 aromatic rings. The van der Waals surface area contributed by atoms with Gasteiger partial charge in [0.25, 0.3) is 0 Å². The van der Waals surface area contributed by atoms with Gasteiger partial charge in [-0.25, -0.2) is 4.39 Å². The van der Waals surface area contributed by atoms with E-state index in [-0.39, 0.29) is 0 Å². The normalized spacial score (nSPS) is 12.7. The lowest BCUT2D eigenvalue weighted by atomic mass is 10.0. The molecule has 0 aliphatic carbocycles. The van der Waals surface area contributed by atoms with Gasteiger partial charge in [0.05, 0.1) is 12.5 Å². The first-order chi connectivity index (χ1) is 7.72. The number of aryl methyl sites for hydroxylation is 1. The molecule has 0 aliphatic heterocycles. The molecule has 0 aromatic carbocycles. The third-order valence-corrected chi connectivity index (χ3v) is 2.44. The summed E-state index contributed by atoms with van der Waals surface area (Å²) in [5.74, 6) is 0.245. The van der Waals surface area contributed by atoms with Crippen LogP contribution in [0.25, 0.3) is 0 Å². The van der Waals surface area contributed by atoms with Crippen molar-refractivity contribution in [3.05, 3.63) is 53.5 Å². The van der Waals surface area contributed by atoms with Crippen LogP contribution in [0.1, 0.15) is 29.9 Å². The van der Waals surface area contributed by atoms with Crippen molar-refractivity contribution >= 4 is 0 Å². The van der Waals surface area contributed by atoms with E-state index in [9.17, 15) is 9.50 Å². The van der Waals surface area contributed by atoms with Crippen molar-refractivity contribution in [2.75, 3.05) is 0 Å². The second kappa shape index (κ2) is 4.45. The average Bonchev–Trinajstić information content (AvgIpc) is 2.76. The summed E-state index contributed by atoms with van der Waals surface area (Å²) in [5.41, 5.74) is 1.09. The summed E-state index contributed by atoms with van der Waals surface area (Å²) in [6.45, 7) is 1.93. The molecule has 16 heavy (non-hydrogen) atoms. The van der Waals surface area contributed by atoms with Gasteiger partial charge < -0.3 is 9.52 Å². The van der Waals surface area contributed by atoms with Crippen molar-refractivity contribution in [1.82, 2.24) is 4.98 Å². The van der Waals surface area contributed by atoms with E-state index in [1.54, 1.807) is 6.07 Å². The maximum atomic E-state index is 13.0. The Morgan fingerprint density at radius 1 is 1.50 bits per heavy atom. The third kappa shape index (κ3) is 1.97. The van der Waals surface area contributed by atoms with Crippen molar-refractivity contribution in [3.63, 3.8) is 0 Å². The van der Waals surface area contributed by atoms with Gasteiger partial charge >= 0.3 is 0 Å². The summed E-state index contributed by atoms with van der Waals surface area (Å²) in [6, 6.07) is 2.96. The largest absolute Gasteiger partial charge is 0.469 e. The van der Waals surface area contributed by atoms with Gasteiger partial charge in [0.2, 0.25) is 0 Å². The lowest BCUT2D eigenvalue weighted by Gasteiger charge is -2.10. The maximum absolute atomic E-state index is 13.0. The molecule has 4 heteroatoms. The fourth-order valence-corrected chi connectivity index (χ4v) is 1.64. The molecule has 84 valence electrons. The molecule has 0 bridgehead atoms. The van der Waals surface area contributed by atoms with E-state index in [0.29, 0.717) is 23.3 Å². The van der Waals surface area contributed by atoms with Gasteiger partial charge in [0, 0.05) is 23.7 Å². The van der Waals surface area contributed by atoms with Gasteiger partial charge in [-0.2, -0.15) is 0 Å². The van der Waals surface area contributed by atoms with E-state index >= 15 is 0 Å². The second-order valence-corrected chi connectivity index (χ2v) is 3.49. The fourth-order valence-electron chi connectivity index (χ4n) is 1.64. The van der Waals surface area contributed by atoms with Crippen LogP contribution in [0.5, 0.6) is 0 Å². The summed E-state index contributed by atoms with van der Waals surface area (Å²) < 4.78 is 18.2. The first-order valence-electron chi connectivity index (χ1n) is 5.07. The van der Waals surface area contributed by atoms with Crippen LogP contribution in [0.2, 0.25) is 0 Å². The van der Waals surface area contributed by atoms with Crippen molar-refractivity contribution in [2.24, 2.45) is 0 Å². The molecule has 0 saturated heterocycles. The molecule has 3 nitrogen and oxygen atoms in total. The highest BCUT2D eigenvalue weighted by Crippen LogP contribution is 2.26. The summed E-state index contributed by atoms with van der Waals surface area (Å²) in [7, 11) is 0. The molecular weight excluding hydrogens is 209 g/mol. The molecule has 0 aliphatic rings. The minimum atomic E-state index is -0.892. The predicted molar refractivity (Wildman–Crippen MR) is 56.3 cm³/mol. The first kappa shape index (κ1) is 10.8. The van der Waals surface area contributed by atoms with E-state index in [1.165, 1.54) is 18.5 Å². The standard InChI is InChI=1S/C12H12FNO2/c1-2-11-10(3-4-16-11)12(15)8-5-9(13)7-14-6-8/h3-7,12,15H,2H2,1H3. The predicted octanol–water partition coefficient (Wildman–Crippen LogP) is 2.46. The highest BCUT2D eigenvalue weighted by atomic mass is 19.1. The molecule has 2 heterocycles. The minimum absolute atomic E-state index is 0.427. The van der Waals surface area contributed by atoms with Crippen LogP contribution in [-0.2, 0) is 6.42 Å². The second-order valence-electron chi connectivity index (χ2n) is 3.49. The number of nitrogens with zero attached hydrogens (tertiary/aromatic N) is 1. The Morgan fingerprint density at radius 3 is 3.00 bits per heavy atom. The van der Waals surface area contributed by atoms with Gasteiger partial charge in [0.15, 0.2) is 0 Å². The van der Waals surface area contributed by atoms with E-state index in [2.05, 4.69) is 4.98 Å². The number of aliphatic hydroxyl groups is 1. The number of aliphatic hydroxyl groups excluding tert-OH is 1. The van der Waals surface area contributed by atoms with Crippen molar-refractivity contribution in [3.8, 4) is 0 Å². The zero-order chi connectivity index (χ0) is 11.5. The lowest BCUT2D eigenvalue weighted by Crippen LogP contribution is -2.02. The number of rotatable bonds is 3. The van der Waals surface area contributed by atoms with Crippen LogP contribution in [0.4, 0.5) is 4.39 Å². The van der Waals surface area contributed by atoms with E-state index in [4.69, 9.17) is 4.42 Å². The van der Waals surface area contributed by atoms with Gasteiger partial charge in [0.1, 0.15) is 17.7 Å². The maximum Gasteiger partial charge on any atom is 0.141 e. The van der Waals surface area contributed by atoms with Crippen LogP contribution in [0, 0.1) is 5.82 Å². The van der Waals surface area contributed by atoms with Gasteiger partial charge in [-0.15, -0.1) is 0 Å². The lowest BCUT2D eigenvalue weighted by molar-refractivity contribution is 0.216. The van der Waals surface area contributed by atoms with Crippen molar-refractivity contribution in [1.29, 1.82) is 0 Å². The van der Waals surface area contributed by atoms with Crippen LogP contribution in [0.3, 0.4) is 0 Å². The van der Waals surface area contributed by atoms with Gasteiger partial charge in [-0.3, -0.25) is 4.98 Å². The van der Waals surface area contributed by atoms with Crippen LogP contribution in [0.15, 0.2) is 35.2 Å². The average molecular weight is 221 g/mol. The topological polar surface area (TPSA) is 46.3 Å². The summed E-state index contributed by atoms with van der Waals surface area (Å²) in [4.78, 5) is 3.71. The highest BCUT2D eigenvalue weighted by molar-refractivity contribution is 5.29. The molecule has 1 atom stereocenters. The Morgan fingerprint density at radius 2 is 2.31 bits per heavy atom. The summed E-state index contributed by atoms with van der Waals surface area (Å²) in [6.07, 6.45) is 3.86. The van der Waals surface area contributed by atoms with Crippen molar-refractivity contribution in [2.45, 2.75) is 19.4 Å². The number of hydrogen-bond acceptors (Lipinski definition) is 3. The molecule has 1 unspecified atom stereocenters. The molecular formula is C12H12FNO2. The minimum Gasteiger partial charge on any atom is -0.469 e. The first-order valence-corrected chi connectivity index (χ1v) is 5.07. The molecule has 0 saturated carbocycles. The molecule has 1 N–H and O–H groups in total. The summed E-state index contributed by atoms with van der Waals surface area (Å²) >= 11 is 0. The van der Waals surface area contributed by atoms with E-state index < -0.39 is 11.9 Å². The van der Waals surface area contributed by atoms with Gasteiger partial charge in [-0.1, -0.05) is 6.92 Å². The zero-order valence-corrected chi connectivity index (χ0v) is 8.85. The van der Waals surface area contributed by atoms with E-state index in [0.717, 1.165) is 6.20 Å². The highest BCUT2D eigenvalue weighted by Gasteiger charge is 2.16. The molecule has 0 radical (unpaired) electrons. The Bertz CT molecular complexity index is 481. The smallest absolute Gasteiger partial charge is 0.141 e. The van der Waals surface area contributed by atoms with Gasteiger partial charge in [-0.05, 0) is 12.1 Å². The Hall–Kier alpha value is -1.68. The quantitative estimate of drug-likeness (QED) is 0.865. The third-order valence-electron chi connectivity index (χ3n) is 2.44. The van der Waals surface area contributed by atoms with Crippen LogP contribution >= 0.6 is 0 Å². The zero-order valence-electron chi connectivity index (χ0n) is 8.85. The van der Waals surface area contributed by atoms with Crippen LogP contribution < -0.4 is 0 Å². The molecule has 0 fully saturated rings. The Kier molecular flexibility index (Phi) is 3.01. The monoisotopic (exact) mass is 221 g/mol. The number of halogens is 1. The van der Waals surface area contributed by atoms with E-state index in [1.807, 2.05) is 6.92 Å². The number of pyridine rings is 1. The SMILES string of the molecule is CCc1occc1C(O)c1cncc(F)c1. The Labute approximate surface area is 92.6 Å². The molecule has 0 amide bonds. The number of aromatic nitrogens is 1. The fraction of sp³-hybridized carbons (Fsp3) is 0.250. The van der Waals surface area contributed by atoms with Crippen LogP contribution in [-0.4, -0.2) is 10.1 Å². The Balaban J connectivity index is 2.35.